The summed E-state index contributed by atoms with van der Waals surface area (Å²) in [6.07, 6.45) is 2.68. The highest BCUT2D eigenvalue weighted by Gasteiger charge is 2.15. The highest BCUT2D eigenvalue weighted by Crippen LogP contribution is 2.25. The van der Waals surface area contributed by atoms with Crippen LogP contribution in [0.5, 0.6) is 0 Å². The molecule has 2 nitrogen and oxygen atoms in total. The van der Waals surface area contributed by atoms with Gasteiger partial charge in [0.2, 0.25) is 0 Å². The summed E-state index contributed by atoms with van der Waals surface area (Å²) in [5.41, 5.74) is 0.362. The number of carbonyl (C=O) groups excluding carboxylic acids is 1. The van der Waals surface area contributed by atoms with Gasteiger partial charge >= 0.3 is 5.97 Å². The first-order valence-electron chi connectivity index (χ1n) is 6.36. The molecule has 0 aliphatic heterocycles. The number of hydrogen-bond acceptors (Lipinski definition) is 2. The predicted octanol–water partition coefficient (Wildman–Crippen LogP) is 4.04. The van der Waals surface area contributed by atoms with Gasteiger partial charge in [0.05, 0.1) is 6.61 Å². The zero-order valence-corrected chi connectivity index (χ0v) is 11.8. The van der Waals surface area contributed by atoms with Gasteiger partial charge in [0.25, 0.3) is 0 Å². The smallest absolute Gasteiger partial charge is 0.306 e. The molecule has 0 aromatic heterocycles. The number of carbonyl (C=O) groups is 1. The molecule has 0 aliphatic carbocycles. The van der Waals surface area contributed by atoms with Gasteiger partial charge in [-0.3, -0.25) is 4.79 Å². The van der Waals surface area contributed by atoms with E-state index >= 15 is 0 Å². The van der Waals surface area contributed by atoms with Crippen molar-refractivity contribution in [3.63, 3.8) is 0 Å². The van der Waals surface area contributed by atoms with Crippen LogP contribution in [-0.2, 0) is 9.53 Å². The van der Waals surface area contributed by atoms with Crippen LogP contribution in [0.15, 0.2) is 0 Å². The van der Waals surface area contributed by atoms with Crippen molar-refractivity contribution in [2.24, 2.45) is 17.3 Å². The summed E-state index contributed by atoms with van der Waals surface area (Å²) in [5.74, 6) is 0.948. The van der Waals surface area contributed by atoms with Gasteiger partial charge in [0.15, 0.2) is 0 Å². The molecule has 2 heteroatoms. The van der Waals surface area contributed by atoms with Crippen molar-refractivity contribution in [2.75, 3.05) is 6.61 Å². The van der Waals surface area contributed by atoms with E-state index in [0.717, 1.165) is 6.42 Å². The normalized spacial score (nSPS) is 13.9. The summed E-state index contributed by atoms with van der Waals surface area (Å²) in [4.78, 5) is 11.3. The second-order valence-corrected chi connectivity index (χ2v) is 6.48. The lowest BCUT2D eigenvalue weighted by Crippen LogP contribution is -2.14. The lowest BCUT2D eigenvalue weighted by atomic mass is 9.84. The summed E-state index contributed by atoms with van der Waals surface area (Å²) in [6, 6.07) is 0. The van der Waals surface area contributed by atoms with Crippen LogP contribution >= 0.6 is 0 Å². The Morgan fingerprint density at radius 3 is 2.19 bits per heavy atom. The van der Waals surface area contributed by atoms with Crippen molar-refractivity contribution in [2.45, 2.75) is 60.8 Å². The molecule has 96 valence electrons. The maximum absolute atomic E-state index is 11.3. The third-order valence-corrected chi connectivity index (χ3v) is 2.41. The molecule has 0 saturated carbocycles. The number of ether oxygens (including phenoxy) is 1. The largest absolute Gasteiger partial charge is 0.466 e. The van der Waals surface area contributed by atoms with Crippen LogP contribution < -0.4 is 0 Å². The Balaban J connectivity index is 3.62. The third kappa shape index (κ3) is 10.0. The minimum absolute atomic E-state index is 0.0574. The Hall–Kier alpha value is -0.530. The van der Waals surface area contributed by atoms with Gasteiger partial charge in [0, 0.05) is 6.42 Å². The molecule has 0 fully saturated rings. The molecule has 0 amide bonds. The molecule has 0 aromatic carbocycles. The van der Waals surface area contributed by atoms with E-state index in [0.29, 0.717) is 30.3 Å². The fourth-order valence-electron chi connectivity index (χ4n) is 1.91. The topological polar surface area (TPSA) is 26.3 Å². The fourth-order valence-corrected chi connectivity index (χ4v) is 1.91. The Kier molecular flexibility index (Phi) is 6.70. The molecule has 1 atom stereocenters. The molecule has 0 aliphatic rings. The zero-order chi connectivity index (χ0) is 12.8. The molecule has 1 unspecified atom stereocenters. The number of rotatable bonds is 6. The lowest BCUT2D eigenvalue weighted by molar-refractivity contribution is -0.144. The average Bonchev–Trinajstić information content (AvgIpc) is 1.98. The first-order valence-corrected chi connectivity index (χ1v) is 6.36. The average molecular weight is 228 g/mol. The maximum Gasteiger partial charge on any atom is 0.306 e. The quantitative estimate of drug-likeness (QED) is 0.641. The van der Waals surface area contributed by atoms with Crippen LogP contribution in [0.25, 0.3) is 0 Å². The molecule has 0 rings (SSSR count). The van der Waals surface area contributed by atoms with Crippen LogP contribution in [0.3, 0.4) is 0 Å². The van der Waals surface area contributed by atoms with Crippen molar-refractivity contribution in [1.29, 1.82) is 0 Å². The van der Waals surface area contributed by atoms with Crippen molar-refractivity contribution < 1.29 is 9.53 Å². The Morgan fingerprint density at radius 2 is 1.75 bits per heavy atom. The highest BCUT2D eigenvalue weighted by molar-refractivity contribution is 5.69. The van der Waals surface area contributed by atoms with E-state index < -0.39 is 0 Å². The first kappa shape index (κ1) is 15.5. The van der Waals surface area contributed by atoms with Crippen molar-refractivity contribution in [3.8, 4) is 0 Å². The van der Waals surface area contributed by atoms with E-state index in [1.807, 2.05) is 13.8 Å². The van der Waals surface area contributed by atoms with Gasteiger partial charge in [-0.2, -0.15) is 0 Å². The van der Waals surface area contributed by atoms with Gasteiger partial charge in [-0.25, -0.2) is 0 Å². The standard InChI is InChI=1S/C14H28O2/c1-11(2)9-13(15)16-8-7-12(3)10-14(4,5)6/h11-12H,7-10H2,1-6H3. The lowest BCUT2D eigenvalue weighted by Gasteiger charge is -2.23. The molecule has 0 aromatic rings. The van der Waals surface area contributed by atoms with E-state index in [2.05, 4.69) is 27.7 Å². The molecule has 16 heavy (non-hydrogen) atoms. The van der Waals surface area contributed by atoms with E-state index in [1.165, 1.54) is 6.42 Å². The van der Waals surface area contributed by atoms with E-state index in [-0.39, 0.29) is 5.97 Å². The van der Waals surface area contributed by atoms with Crippen LogP contribution in [0.1, 0.15) is 60.8 Å². The number of esters is 1. The van der Waals surface area contributed by atoms with E-state index in [9.17, 15) is 4.79 Å². The second kappa shape index (κ2) is 6.93. The van der Waals surface area contributed by atoms with E-state index in [4.69, 9.17) is 4.74 Å². The predicted molar refractivity (Wildman–Crippen MR) is 68.3 cm³/mol. The van der Waals surface area contributed by atoms with E-state index in [1.54, 1.807) is 0 Å². The first-order chi connectivity index (χ1) is 7.20. The molecular formula is C14H28O2. The maximum atomic E-state index is 11.3. The van der Waals surface area contributed by atoms with Crippen LogP contribution in [-0.4, -0.2) is 12.6 Å². The van der Waals surface area contributed by atoms with Crippen LogP contribution in [0.2, 0.25) is 0 Å². The van der Waals surface area contributed by atoms with Crippen LogP contribution in [0.4, 0.5) is 0 Å². The third-order valence-electron chi connectivity index (χ3n) is 2.41. The minimum Gasteiger partial charge on any atom is -0.466 e. The SMILES string of the molecule is CC(C)CC(=O)OCCC(C)CC(C)(C)C. The van der Waals surface area contributed by atoms with Gasteiger partial charge in [0.1, 0.15) is 0 Å². The van der Waals surface area contributed by atoms with Crippen molar-refractivity contribution >= 4 is 5.97 Å². The van der Waals surface area contributed by atoms with Gasteiger partial charge < -0.3 is 4.74 Å². The Bertz CT molecular complexity index is 201. The van der Waals surface area contributed by atoms with Crippen LogP contribution in [0, 0.1) is 17.3 Å². The zero-order valence-electron chi connectivity index (χ0n) is 11.8. The molecular weight excluding hydrogens is 200 g/mol. The van der Waals surface area contributed by atoms with Gasteiger partial charge in [-0.1, -0.05) is 41.5 Å². The highest BCUT2D eigenvalue weighted by atomic mass is 16.5. The minimum atomic E-state index is -0.0574. The molecule has 0 N–H and O–H groups in total. The Labute approximate surface area is 101 Å². The molecule has 0 bridgehead atoms. The van der Waals surface area contributed by atoms with Crippen molar-refractivity contribution in [1.82, 2.24) is 0 Å². The van der Waals surface area contributed by atoms with Gasteiger partial charge in [-0.15, -0.1) is 0 Å². The molecule has 0 radical (unpaired) electrons. The number of hydrogen-bond donors (Lipinski definition) is 0. The summed E-state index contributed by atoms with van der Waals surface area (Å²) in [6.45, 7) is 13.6. The Morgan fingerprint density at radius 1 is 1.19 bits per heavy atom. The summed E-state index contributed by atoms with van der Waals surface area (Å²) in [5, 5.41) is 0. The summed E-state index contributed by atoms with van der Waals surface area (Å²) < 4.78 is 5.20. The van der Waals surface area contributed by atoms with Crippen molar-refractivity contribution in [3.05, 3.63) is 0 Å². The molecule has 0 spiro atoms. The molecule has 0 heterocycles. The fraction of sp³-hybridized carbons (Fsp3) is 0.929. The van der Waals surface area contributed by atoms with Gasteiger partial charge in [-0.05, 0) is 30.1 Å². The second-order valence-electron chi connectivity index (χ2n) is 6.48. The summed E-state index contributed by atoms with van der Waals surface area (Å²) in [7, 11) is 0. The monoisotopic (exact) mass is 228 g/mol. The molecule has 0 saturated heterocycles. The summed E-state index contributed by atoms with van der Waals surface area (Å²) >= 11 is 0.